The van der Waals surface area contributed by atoms with Crippen molar-refractivity contribution >= 4 is 16.9 Å². The molecule has 1 aromatic heterocycles. The minimum atomic E-state index is -0.569. The molecule has 0 aliphatic rings. The lowest BCUT2D eigenvalue weighted by Gasteiger charge is -2.23. The van der Waals surface area contributed by atoms with E-state index in [-0.39, 0.29) is 11.4 Å². The molecular weight excluding hydrogens is 326 g/mol. The zero-order valence-electron chi connectivity index (χ0n) is 15.5. The average Bonchev–Trinajstić information content (AvgIpc) is 2.60. The van der Waals surface area contributed by atoms with Crippen molar-refractivity contribution in [3.8, 4) is 17.0 Å². The lowest BCUT2D eigenvalue weighted by Crippen LogP contribution is -2.46. The number of hydrogen-bond donors (Lipinski definition) is 1. The van der Waals surface area contributed by atoms with Crippen LogP contribution in [0.5, 0.6) is 5.75 Å². The third-order valence-corrected chi connectivity index (χ3v) is 3.78. The van der Waals surface area contributed by atoms with Crippen molar-refractivity contribution in [2.24, 2.45) is 0 Å². The van der Waals surface area contributed by atoms with Crippen LogP contribution < -0.4 is 10.1 Å². The molecule has 0 radical (unpaired) electrons. The van der Waals surface area contributed by atoms with E-state index in [1.807, 2.05) is 69.3 Å². The van der Waals surface area contributed by atoms with Gasteiger partial charge in [-0.25, -0.2) is 4.98 Å². The molecule has 1 amide bonds. The molecule has 1 heterocycles. The first kappa shape index (κ1) is 17.9. The van der Waals surface area contributed by atoms with Gasteiger partial charge in [0.2, 0.25) is 0 Å². The maximum atomic E-state index is 12.1. The topological polar surface area (TPSA) is 64.1 Å². The highest BCUT2D eigenvalue weighted by Crippen LogP contribution is 2.22. The molecule has 1 atom stereocenters. The molecule has 0 aliphatic heterocycles. The zero-order valence-corrected chi connectivity index (χ0v) is 15.5. The SMILES string of the molecule is C[C@@H](Oc1ccc(-c2cnc3ccccc3n2)cc1)C(=O)NC(C)(C)C. The minimum absolute atomic E-state index is 0.137. The summed E-state index contributed by atoms with van der Waals surface area (Å²) in [5.74, 6) is 0.501. The molecule has 2 aromatic carbocycles. The van der Waals surface area contributed by atoms with Gasteiger partial charge in [-0.2, -0.15) is 0 Å². The lowest BCUT2D eigenvalue weighted by atomic mass is 10.1. The van der Waals surface area contributed by atoms with Crippen molar-refractivity contribution in [2.45, 2.75) is 39.3 Å². The summed E-state index contributed by atoms with van der Waals surface area (Å²) in [6, 6.07) is 15.3. The number of carbonyl (C=O) groups is 1. The van der Waals surface area contributed by atoms with Crippen LogP contribution in [0.15, 0.2) is 54.7 Å². The molecule has 134 valence electrons. The van der Waals surface area contributed by atoms with Crippen LogP contribution in [-0.2, 0) is 4.79 Å². The molecular formula is C21H23N3O2. The fourth-order valence-electron chi connectivity index (χ4n) is 2.53. The number of rotatable bonds is 4. The van der Waals surface area contributed by atoms with E-state index in [1.165, 1.54) is 0 Å². The summed E-state index contributed by atoms with van der Waals surface area (Å²) >= 11 is 0. The van der Waals surface area contributed by atoms with E-state index in [0.29, 0.717) is 5.75 Å². The number of ether oxygens (including phenoxy) is 1. The number of para-hydroxylation sites is 2. The standard InChI is InChI=1S/C21H23N3O2/c1-14(20(25)24-21(2,3)4)26-16-11-9-15(10-12-16)19-13-22-17-7-5-6-8-18(17)23-19/h5-14H,1-4H3,(H,24,25)/t14-/m1/s1. The number of nitrogens with zero attached hydrogens (tertiary/aromatic N) is 2. The van der Waals surface area contributed by atoms with E-state index in [2.05, 4.69) is 15.3 Å². The Kier molecular flexibility index (Phi) is 4.89. The fourth-order valence-corrected chi connectivity index (χ4v) is 2.53. The molecule has 0 fully saturated rings. The van der Waals surface area contributed by atoms with Crippen LogP contribution in [0.3, 0.4) is 0 Å². The van der Waals surface area contributed by atoms with Crippen LogP contribution in [0, 0.1) is 0 Å². The highest BCUT2D eigenvalue weighted by atomic mass is 16.5. The van der Waals surface area contributed by atoms with Gasteiger partial charge in [0.25, 0.3) is 5.91 Å². The van der Waals surface area contributed by atoms with E-state index >= 15 is 0 Å². The molecule has 0 saturated heterocycles. The first-order chi connectivity index (χ1) is 12.3. The lowest BCUT2D eigenvalue weighted by molar-refractivity contribution is -0.128. The second-order valence-electron chi connectivity index (χ2n) is 7.27. The molecule has 0 spiro atoms. The van der Waals surface area contributed by atoms with Gasteiger partial charge in [-0.1, -0.05) is 12.1 Å². The van der Waals surface area contributed by atoms with E-state index < -0.39 is 6.10 Å². The number of fused-ring (bicyclic) bond motifs is 1. The minimum Gasteiger partial charge on any atom is -0.481 e. The smallest absolute Gasteiger partial charge is 0.261 e. The van der Waals surface area contributed by atoms with Crippen molar-refractivity contribution in [2.75, 3.05) is 0 Å². The Balaban J connectivity index is 1.72. The Morgan fingerprint density at radius 1 is 1.04 bits per heavy atom. The third kappa shape index (κ3) is 4.36. The average molecular weight is 349 g/mol. The highest BCUT2D eigenvalue weighted by molar-refractivity contribution is 5.81. The normalized spacial score (nSPS) is 12.6. The van der Waals surface area contributed by atoms with Gasteiger partial charge in [0.1, 0.15) is 5.75 Å². The van der Waals surface area contributed by atoms with Crippen LogP contribution in [0.25, 0.3) is 22.3 Å². The fraction of sp³-hybridized carbons (Fsp3) is 0.286. The maximum absolute atomic E-state index is 12.1. The summed E-state index contributed by atoms with van der Waals surface area (Å²) in [6.45, 7) is 7.56. The third-order valence-electron chi connectivity index (χ3n) is 3.78. The largest absolute Gasteiger partial charge is 0.481 e. The molecule has 5 nitrogen and oxygen atoms in total. The molecule has 0 saturated carbocycles. The quantitative estimate of drug-likeness (QED) is 0.774. The highest BCUT2D eigenvalue weighted by Gasteiger charge is 2.20. The number of aromatic nitrogens is 2. The molecule has 0 unspecified atom stereocenters. The van der Waals surface area contributed by atoms with Crippen molar-refractivity contribution in [1.29, 1.82) is 0 Å². The molecule has 1 N–H and O–H groups in total. The number of benzene rings is 2. The van der Waals surface area contributed by atoms with Crippen LogP contribution in [0.1, 0.15) is 27.7 Å². The zero-order chi connectivity index (χ0) is 18.7. The van der Waals surface area contributed by atoms with Crippen LogP contribution >= 0.6 is 0 Å². The van der Waals surface area contributed by atoms with Gasteiger partial charge in [0.15, 0.2) is 6.10 Å². The number of hydrogen-bond acceptors (Lipinski definition) is 4. The molecule has 0 bridgehead atoms. The monoisotopic (exact) mass is 349 g/mol. The van der Waals surface area contributed by atoms with Crippen molar-refractivity contribution in [3.63, 3.8) is 0 Å². The van der Waals surface area contributed by atoms with E-state index in [9.17, 15) is 4.79 Å². The second-order valence-corrected chi connectivity index (χ2v) is 7.27. The number of nitrogens with one attached hydrogen (secondary N) is 1. The summed E-state index contributed by atoms with van der Waals surface area (Å²) in [7, 11) is 0. The summed E-state index contributed by atoms with van der Waals surface area (Å²) in [6.07, 6.45) is 1.19. The van der Waals surface area contributed by atoms with E-state index in [4.69, 9.17) is 4.74 Å². The summed E-state index contributed by atoms with van der Waals surface area (Å²) in [5, 5.41) is 2.91. The van der Waals surface area contributed by atoms with Gasteiger partial charge < -0.3 is 10.1 Å². The van der Waals surface area contributed by atoms with Crippen molar-refractivity contribution in [3.05, 3.63) is 54.7 Å². The Morgan fingerprint density at radius 3 is 2.35 bits per heavy atom. The van der Waals surface area contributed by atoms with Crippen molar-refractivity contribution < 1.29 is 9.53 Å². The molecule has 3 aromatic rings. The number of amides is 1. The van der Waals surface area contributed by atoms with Gasteiger partial charge in [0, 0.05) is 11.1 Å². The molecule has 26 heavy (non-hydrogen) atoms. The van der Waals surface area contributed by atoms with Gasteiger partial charge in [-0.05, 0) is 64.1 Å². The van der Waals surface area contributed by atoms with Gasteiger partial charge in [-0.15, -0.1) is 0 Å². The summed E-state index contributed by atoms with van der Waals surface area (Å²) in [5.41, 5.74) is 3.19. The summed E-state index contributed by atoms with van der Waals surface area (Å²) < 4.78 is 5.74. The van der Waals surface area contributed by atoms with Gasteiger partial charge in [-0.3, -0.25) is 9.78 Å². The predicted octanol–water partition coefficient (Wildman–Crippen LogP) is 3.98. The number of carbonyl (C=O) groups excluding carboxylic acids is 1. The molecule has 0 aliphatic carbocycles. The second kappa shape index (κ2) is 7.12. The first-order valence-electron chi connectivity index (χ1n) is 8.63. The molecule has 5 heteroatoms. The Labute approximate surface area is 153 Å². The Bertz CT molecular complexity index is 914. The Hall–Kier alpha value is -2.95. The maximum Gasteiger partial charge on any atom is 0.261 e. The van der Waals surface area contributed by atoms with Crippen molar-refractivity contribution in [1.82, 2.24) is 15.3 Å². The van der Waals surface area contributed by atoms with E-state index in [1.54, 1.807) is 13.1 Å². The van der Waals surface area contributed by atoms with Crippen LogP contribution in [0.4, 0.5) is 0 Å². The predicted molar refractivity (Wildman–Crippen MR) is 103 cm³/mol. The summed E-state index contributed by atoms with van der Waals surface area (Å²) in [4.78, 5) is 21.2. The van der Waals surface area contributed by atoms with Gasteiger partial charge in [0.05, 0.1) is 22.9 Å². The van der Waals surface area contributed by atoms with Gasteiger partial charge >= 0.3 is 0 Å². The van der Waals surface area contributed by atoms with Crippen LogP contribution in [-0.4, -0.2) is 27.5 Å². The van der Waals surface area contributed by atoms with Crippen LogP contribution in [0.2, 0.25) is 0 Å². The Morgan fingerprint density at radius 2 is 1.69 bits per heavy atom. The first-order valence-corrected chi connectivity index (χ1v) is 8.63. The molecule has 3 rings (SSSR count). The van der Waals surface area contributed by atoms with E-state index in [0.717, 1.165) is 22.3 Å².